The zero-order chi connectivity index (χ0) is 12.3. The van der Waals surface area contributed by atoms with Crippen molar-refractivity contribution in [1.82, 2.24) is 5.32 Å². The van der Waals surface area contributed by atoms with Gasteiger partial charge in [-0.3, -0.25) is 0 Å². The van der Waals surface area contributed by atoms with Crippen LogP contribution in [0.4, 0.5) is 0 Å². The van der Waals surface area contributed by atoms with Crippen LogP contribution in [0.2, 0.25) is 0 Å². The van der Waals surface area contributed by atoms with Crippen LogP contribution >= 0.6 is 0 Å². The summed E-state index contributed by atoms with van der Waals surface area (Å²) < 4.78 is 11.5. The van der Waals surface area contributed by atoms with E-state index in [2.05, 4.69) is 19.2 Å². The summed E-state index contributed by atoms with van der Waals surface area (Å²) in [7, 11) is 0. The first-order valence-electron chi connectivity index (χ1n) is 7.29. The highest BCUT2D eigenvalue weighted by atomic mass is 16.5. The molecular formula is C14H29NO2. The van der Waals surface area contributed by atoms with Crippen molar-refractivity contribution in [2.45, 2.75) is 64.5 Å². The molecule has 1 aliphatic heterocycles. The predicted octanol–water partition coefficient (Wildman–Crippen LogP) is 2.74. The standard InChI is InChI=1S/C14H29NO2/c1-3-8-15-13(12-16-9-4-2)11-14-7-5-6-10-17-14/h13-15H,3-12H2,1-2H3. The van der Waals surface area contributed by atoms with E-state index < -0.39 is 0 Å². The van der Waals surface area contributed by atoms with Crippen molar-refractivity contribution in [1.29, 1.82) is 0 Å². The fourth-order valence-electron chi connectivity index (χ4n) is 2.24. The van der Waals surface area contributed by atoms with E-state index in [9.17, 15) is 0 Å². The molecule has 1 heterocycles. The maximum atomic E-state index is 5.80. The van der Waals surface area contributed by atoms with Crippen molar-refractivity contribution < 1.29 is 9.47 Å². The van der Waals surface area contributed by atoms with E-state index >= 15 is 0 Å². The molecule has 3 heteroatoms. The lowest BCUT2D eigenvalue weighted by molar-refractivity contribution is -0.00344. The van der Waals surface area contributed by atoms with Crippen LogP contribution in [0, 0.1) is 0 Å². The summed E-state index contributed by atoms with van der Waals surface area (Å²) >= 11 is 0. The highest BCUT2D eigenvalue weighted by molar-refractivity contribution is 4.74. The van der Waals surface area contributed by atoms with E-state index in [0.29, 0.717) is 12.1 Å². The Morgan fingerprint density at radius 3 is 2.82 bits per heavy atom. The molecule has 2 atom stereocenters. The Kier molecular flexibility index (Phi) is 8.67. The molecule has 0 amide bonds. The van der Waals surface area contributed by atoms with Crippen LogP contribution in [0.5, 0.6) is 0 Å². The van der Waals surface area contributed by atoms with Crippen LogP contribution in [0.3, 0.4) is 0 Å². The molecular weight excluding hydrogens is 214 g/mol. The molecule has 1 saturated heterocycles. The quantitative estimate of drug-likeness (QED) is 0.632. The number of ether oxygens (including phenoxy) is 2. The zero-order valence-electron chi connectivity index (χ0n) is 11.5. The van der Waals surface area contributed by atoms with Crippen LogP contribution in [0.1, 0.15) is 52.4 Å². The molecule has 0 bridgehead atoms. The molecule has 0 aliphatic carbocycles. The average molecular weight is 243 g/mol. The lowest BCUT2D eigenvalue weighted by Crippen LogP contribution is -2.38. The van der Waals surface area contributed by atoms with Gasteiger partial charge >= 0.3 is 0 Å². The summed E-state index contributed by atoms with van der Waals surface area (Å²) in [5.74, 6) is 0. The van der Waals surface area contributed by atoms with E-state index in [4.69, 9.17) is 9.47 Å². The monoisotopic (exact) mass is 243 g/mol. The number of hydrogen-bond donors (Lipinski definition) is 1. The molecule has 1 rings (SSSR count). The molecule has 1 fully saturated rings. The molecule has 2 unspecified atom stereocenters. The number of nitrogens with one attached hydrogen (secondary N) is 1. The molecule has 1 aliphatic rings. The van der Waals surface area contributed by atoms with Crippen LogP contribution in [0.25, 0.3) is 0 Å². The Hall–Kier alpha value is -0.120. The predicted molar refractivity (Wildman–Crippen MR) is 71.4 cm³/mol. The Morgan fingerprint density at radius 1 is 1.29 bits per heavy atom. The Balaban J connectivity index is 2.22. The summed E-state index contributed by atoms with van der Waals surface area (Å²) in [6.45, 7) is 8.07. The molecule has 0 radical (unpaired) electrons. The van der Waals surface area contributed by atoms with Gasteiger partial charge in [0.15, 0.2) is 0 Å². The number of rotatable bonds is 9. The lowest BCUT2D eigenvalue weighted by Gasteiger charge is -2.27. The minimum Gasteiger partial charge on any atom is -0.380 e. The first-order chi connectivity index (χ1) is 8.36. The Bertz CT molecular complexity index is 170. The van der Waals surface area contributed by atoms with Gasteiger partial charge in [0.25, 0.3) is 0 Å². The van der Waals surface area contributed by atoms with E-state index in [1.807, 2.05) is 0 Å². The molecule has 102 valence electrons. The fraction of sp³-hybridized carbons (Fsp3) is 1.00. The molecule has 0 aromatic carbocycles. The van der Waals surface area contributed by atoms with Crippen LogP contribution in [0.15, 0.2) is 0 Å². The van der Waals surface area contributed by atoms with Crippen LogP contribution in [-0.4, -0.2) is 38.5 Å². The van der Waals surface area contributed by atoms with Crippen LogP contribution < -0.4 is 5.32 Å². The van der Waals surface area contributed by atoms with Crippen molar-refractivity contribution in [2.75, 3.05) is 26.4 Å². The van der Waals surface area contributed by atoms with Gasteiger partial charge in [0.2, 0.25) is 0 Å². The summed E-state index contributed by atoms with van der Waals surface area (Å²) in [5, 5.41) is 3.57. The largest absolute Gasteiger partial charge is 0.380 e. The third-order valence-electron chi connectivity index (χ3n) is 3.17. The van der Waals surface area contributed by atoms with E-state index in [0.717, 1.165) is 39.2 Å². The Labute approximate surface area is 106 Å². The molecule has 0 aromatic heterocycles. The second kappa shape index (κ2) is 9.86. The maximum Gasteiger partial charge on any atom is 0.0620 e. The first-order valence-corrected chi connectivity index (χ1v) is 7.29. The van der Waals surface area contributed by atoms with E-state index in [1.54, 1.807) is 0 Å². The van der Waals surface area contributed by atoms with Crippen LogP contribution in [-0.2, 0) is 9.47 Å². The smallest absolute Gasteiger partial charge is 0.0620 e. The van der Waals surface area contributed by atoms with Crippen molar-refractivity contribution in [3.8, 4) is 0 Å². The van der Waals surface area contributed by atoms with Gasteiger partial charge in [-0.15, -0.1) is 0 Å². The van der Waals surface area contributed by atoms with Crippen molar-refractivity contribution in [2.24, 2.45) is 0 Å². The fourth-order valence-corrected chi connectivity index (χ4v) is 2.24. The second-order valence-corrected chi connectivity index (χ2v) is 4.95. The zero-order valence-corrected chi connectivity index (χ0v) is 11.5. The highest BCUT2D eigenvalue weighted by Gasteiger charge is 2.19. The molecule has 1 N–H and O–H groups in total. The molecule has 0 aromatic rings. The minimum absolute atomic E-state index is 0.448. The van der Waals surface area contributed by atoms with Crippen molar-refractivity contribution in [3.05, 3.63) is 0 Å². The summed E-state index contributed by atoms with van der Waals surface area (Å²) in [6.07, 6.45) is 7.60. The summed E-state index contributed by atoms with van der Waals surface area (Å²) in [6, 6.07) is 0.463. The molecule has 3 nitrogen and oxygen atoms in total. The van der Waals surface area contributed by atoms with Gasteiger partial charge in [0.05, 0.1) is 12.7 Å². The van der Waals surface area contributed by atoms with Gasteiger partial charge in [-0.2, -0.15) is 0 Å². The van der Waals surface area contributed by atoms with E-state index in [1.165, 1.54) is 25.7 Å². The normalized spacial score (nSPS) is 22.6. The lowest BCUT2D eigenvalue weighted by atomic mass is 10.0. The maximum absolute atomic E-state index is 5.80. The second-order valence-electron chi connectivity index (χ2n) is 4.95. The average Bonchev–Trinajstić information content (AvgIpc) is 2.37. The summed E-state index contributed by atoms with van der Waals surface area (Å²) in [5.41, 5.74) is 0. The Morgan fingerprint density at radius 2 is 2.18 bits per heavy atom. The van der Waals surface area contributed by atoms with Gasteiger partial charge in [0, 0.05) is 19.3 Å². The topological polar surface area (TPSA) is 30.5 Å². The van der Waals surface area contributed by atoms with Crippen molar-refractivity contribution >= 4 is 0 Å². The van der Waals surface area contributed by atoms with Gasteiger partial charge in [-0.25, -0.2) is 0 Å². The summed E-state index contributed by atoms with van der Waals surface area (Å²) in [4.78, 5) is 0. The first kappa shape index (κ1) is 14.9. The van der Waals surface area contributed by atoms with Gasteiger partial charge < -0.3 is 14.8 Å². The number of hydrogen-bond acceptors (Lipinski definition) is 3. The SMILES string of the molecule is CCCNC(COCCC)CC1CCCCO1. The third-order valence-corrected chi connectivity index (χ3v) is 3.17. The van der Waals surface area contributed by atoms with Gasteiger partial charge in [-0.1, -0.05) is 13.8 Å². The van der Waals surface area contributed by atoms with E-state index in [-0.39, 0.29) is 0 Å². The third kappa shape index (κ3) is 7.02. The van der Waals surface area contributed by atoms with Crippen molar-refractivity contribution in [3.63, 3.8) is 0 Å². The molecule has 17 heavy (non-hydrogen) atoms. The molecule has 0 saturated carbocycles. The minimum atomic E-state index is 0.448. The highest BCUT2D eigenvalue weighted by Crippen LogP contribution is 2.17. The van der Waals surface area contributed by atoms with Gasteiger partial charge in [0.1, 0.15) is 0 Å². The van der Waals surface area contributed by atoms with Gasteiger partial charge in [-0.05, 0) is 45.1 Å². The molecule has 0 spiro atoms.